The normalized spacial score (nSPS) is 17.4. The molecule has 1 heteroatoms. The average molecular weight is 234 g/mol. The van der Waals surface area contributed by atoms with Crippen molar-refractivity contribution >= 4 is 24.7 Å². The van der Waals surface area contributed by atoms with Gasteiger partial charge in [-0.3, -0.25) is 0 Å². The lowest BCUT2D eigenvalue weighted by Gasteiger charge is -2.05. The van der Waals surface area contributed by atoms with Crippen LogP contribution in [-0.2, 0) is 0 Å². The van der Waals surface area contributed by atoms with Gasteiger partial charge < -0.3 is 0 Å². The van der Waals surface area contributed by atoms with Gasteiger partial charge in [0, 0.05) is 0 Å². The van der Waals surface area contributed by atoms with Crippen molar-refractivity contribution in [2.45, 2.75) is 13.8 Å². The third kappa shape index (κ3) is 2.05. The van der Waals surface area contributed by atoms with Crippen LogP contribution in [0.25, 0.3) is 0 Å². The second kappa shape index (κ2) is 3.30. The lowest BCUT2D eigenvalue weighted by atomic mass is 10.1. The smallest absolute Gasteiger partial charge is 0.0214 e. The second-order valence-electron chi connectivity index (χ2n) is 2.37. The number of hydrogen-bond acceptors (Lipinski definition) is 0. The van der Waals surface area contributed by atoms with Crippen LogP contribution in [-0.4, -0.2) is 4.01 Å². The Morgan fingerprint density at radius 1 is 1.44 bits per heavy atom. The summed E-state index contributed by atoms with van der Waals surface area (Å²) in [6.45, 7) is 4.48. The van der Waals surface area contributed by atoms with E-state index >= 15 is 0 Å². The van der Waals surface area contributed by atoms with Crippen LogP contribution in [0.15, 0.2) is 21.8 Å². The van der Waals surface area contributed by atoms with Crippen LogP contribution in [0.5, 0.6) is 0 Å². The largest absolute Gasteiger partial charge is 0.0934 e. The molecule has 0 saturated carbocycles. The lowest BCUT2D eigenvalue weighted by molar-refractivity contribution is 0.809. The van der Waals surface area contributed by atoms with E-state index in [0.29, 0.717) is 0 Å². The van der Waals surface area contributed by atoms with Gasteiger partial charge in [0.2, 0.25) is 0 Å². The maximum Gasteiger partial charge on any atom is -0.0214 e. The first-order valence-corrected chi connectivity index (χ1v) is 5.62. The summed E-state index contributed by atoms with van der Waals surface area (Å²) in [5, 5.41) is 0. The molecule has 1 aliphatic heterocycles. The number of allylic oxidation sites excluding steroid dienone is 3. The maximum absolute atomic E-state index is 2.39. The van der Waals surface area contributed by atoms with Gasteiger partial charge in [-0.25, -0.2) is 0 Å². The molecule has 0 atom stereocenters. The third-order valence-corrected chi connectivity index (χ3v) is 3.20. The van der Waals surface area contributed by atoms with Gasteiger partial charge in [-0.05, 0) is 19.6 Å². The first-order chi connectivity index (χ1) is 4.30. The number of rotatable bonds is 1. The third-order valence-electron chi connectivity index (χ3n) is 1.29. The van der Waals surface area contributed by atoms with Gasteiger partial charge in [0.25, 0.3) is 0 Å². The van der Waals surface area contributed by atoms with Crippen LogP contribution in [0, 0.1) is 5.92 Å². The molecule has 0 N–H and O–H groups in total. The van der Waals surface area contributed by atoms with Crippen molar-refractivity contribution < 1.29 is 0 Å². The average Bonchev–Trinajstić information content (AvgIpc) is 1.90. The zero-order chi connectivity index (χ0) is 6.69. The first-order valence-electron chi connectivity index (χ1n) is 3.12. The molecule has 0 radical (unpaired) electrons. The molecule has 1 heterocycles. The number of halogens is 1. The molecule has 1 rings (SSSR count). The Bertz CT molecular complexity index is 173. The monoisotopic (exact) mass is 234 g/mol. The fraction of sp³-hybridized carbons (Fsp3) is 0.375. The highest BCUT2D eigenvalue weighted by molar-refractivity contribution is 14.2. The molecule has 0 bridgehead atoms. The van der Waals surface area contributed by atoms with Crippen molar-refractivity contribution in [2.75, 3.05) is 0 Å². The van der Waals surface area contributed by atoms with Crippen molar-refractivity contribution in [1.29, 1.82) is 0 Å². The highest BCUT2D eigenvalue weighted by Gasteiger charge is 1.97. The molecule has 0 aliphatic carbocycles. The maximum atomic E-state index is 2.39. The minimum atomic E-state index is 0.267. The molecule has 0 aromatic carbocycles. The molecule has 50 valence electrons. The van der Waals surface area contributed by atoms with Crippen molar-refractivity contribution in [3.05, 3.63) is 21.8 Å². The van der Waals surface area contributed by atoms with E-state index in [0.717, 1.165) is 5.92 Å². The van der Waals surface area contributed by atoms with E-state index in [4.69, 9.17) is 0 Å². The number of hydrogen-bond donors (Lipinski definition) is 0. The summed E-state index contributed by atoms with van der Waals surface area (Å²) in [6.07, 6.45) is 4.40. The first kappa shape index (κ1) is 7.19. The summed E-state index contributed by atoms with van der Waals surface area (Å²) >= 11 is 0.267. The molecule has 0 nitrogen and oxygen atoms in total. The second-order valence-corrected chi connectivity index (χ2v) is 4.44. The molecule has 1 aliphatic rings. The molecule has 0 spiro atoms. The highest BCUT2D eigenvalue weighted by Crippen LogP contribution is 2.15. The Labute approximate surface area is 66.4 Å². The molecule has 0 saturated heterocycles. The van der Waals surface area contributed by atoms with Crippen LogP contribution in [0.2, 0.25) is 0 Å². The van der Waals surface area contributed by atoms with Crippen molar-refractivity contribution in [3.8, 4) is 0 Å². The van der Waals surface area contributed by atoms with Gasteiger partial charge in [0.05, 0.1) is 0 Å². The molecule has 0 aromatic rings. The fourth-order valence-electron chi connectivity index (χ4n) is 0.653. The quantitative estimate of drug-likeness (QED) is 0.612. The Kier molecular flexibility index (Phi) is 2.64. The Morgan fingerprint density at radius 2 is 2.22 bits per heavy atom. The van der Waals surface area contributed by atoms with E-state index < -0.39 is 0 Å². The predicted octanol–water partition coefficient (Wildman–Crippen LogP) is 2.87. The van der Waals surface area contributed by atoms with Gasteiger partial charge in [-0.15, -0.1) is 0 Å². The molecule has 0 fully saturated rings. The summed E-state index contributed by atoms with van der Waals surface area (Å²) in [7, 11) is 0. The van der Waals surface area contributed by atoms with Gasteiger partial charge in [0.15, 0.2) is 0 Å². The predicted molar refractivity (Wildman–Crippen MR) is 52.1 cm³/mol. The molecule has 0 amide bonds. The Morgan fingerprint density at radius 3 is 2.56 bits per heavy atom. The van der Waals surface area contributed by atoms with Crippen molar-refractivity contribution in [3.63, 3.8) is 0 Å². The van der Waals surface area contributed by atoms with Crippen molar-refractivity contribution in [2.24, 2.45) is 5.92 Å². The van der Waals surface area contributed by atoms with Gasteiger partial charge in [-0.1, -0.05) is 46.7 Å². The topological polar surface area (TPSA) is 0 Å². The summed E-state index contributed by atoms with van der Waals surface area (Å²) < 4.78 is 4.67. The summed E-state index contributed by atoms with van der Waals surface area (Å²) in [5.74, 6) is 0.717. The fourth-order valence-corrected chi connectivity index (χ4v) is 2.65. The van der Waals surface area contributed by atoms with Crippen molar-refractivity contribution in [1.82, 2.24) is 0 Å². The Hall–Kier alpha value is 0.0800. The minimum absolute atomic E-state index is 0.267. The lowest BCUT2D eigenvalue weighted by Crippen LogP contribution is -1.93. The van der Waals surface area contributed by atoms with E-state index in [1.165, 1.54) is 5.57 Å². The molecule has 9 heavy (non-hydrogen) atoms. The van der Waals surface area contributed by atoms with E-state index in [9.17, 15) is 0 Å². The van der Waals surface area contributed by atoms with Crippen LogP contribution in [0.4, 0.5) is 0 Å². The standard InChI is InChI=1S/C8H11I/c1-7(2)8-4-3-5-9-6-8/h3-7H,1-2H3. The van der Waals surface area contributed by atoms with Crippen LogP contribution in [0.3, 0.4) is 0 Å². The molecule has 0 unspecified atom stereocenters. The zero-order valence-electron chi connectivity index (χ0n) is 5.76. The van der Waals surface area contributed by atoms with E-state index in [-0.39, 0.29) is 20.7 Å². The van der Waals surface area contributed by atoms with E-state index in [2.05, 4.69) is 34.1 Å². The molecular formula is C8H11I. The van der Waals surface area contributed by atoms with E-state index in [1.807, 2.05) is 0 Å². The highest BCUT2D eigenvalue weighted by atomic mass is 127. The molecule has 0 aromatic heterocycles. The zero-order valence-corrected chi connectivity index (χ0v) is 7.92. The van der Waals surface area contributed by atoms with E-state index in [1.54, 1.807) is 0 Å². The van der Waals surface area contributed by atoms with Gasteiger partial charge in [0.1, 0.15) is 0 Å². The summed E-state index contributed by atoms with van der Waals surface area (Å²) in [4.78, 5) is 0. The van der Waals surface area contributed by atoms with Gasteiger partial charge >= 0.3 is 0 Å². The minimum Gasteiger partial charge on any atom is -0.0934 e. The van der Waals surface area contributed by atoms with Crippen LogP contribution >= 0.6 is 20.7 Å². The Balaban J connectivity index is 2.72. The molecular weight excluding hydrogens is 223 g/mol. The van der Waals surface area contributed by atoms with Gasteiger partial charge in [-0.2, -0.15) is 0 Å². The SMILES string of the molecule is CC(C)C1=CC=CI=C1. The van der Waals surface area contributed by atoms with Crippen LogP contribution < -0.4 is 0 Å². The summed E-state index contributed by atoms with van der Waals surface area (Å²) in [5.41, 5.74) is 1.52. The summed E-state index contributed by atoms with van der Waals surface area (Å²) in [6, 6.07) is 0. The van der Waals surface area contributed by atoms with Crippen LogP contribution in [0.1, 0.15) is 13.8 Å².